The summed E-state index contributed by atoms with van der Waals surface area (Å²) in [7, 11) is 0. The molecule has 2 rings (SSSR count). The van der Waals surface area contributed by atoms with Crippen molar-refractivity contribution in [2.24, 2.45) is 0 Å². The lowest BCUT2D eigenvalue weighted by atomic mass is 10.0. The number of carbonyl (C=O) groups excluding carboxylic acids is 3. The summed E-state index contributed by atoms with van der Waals surface area (Å²) in [6.07, 6.45) is 3.09. The van der Waals surface area contributed by atoms with E-state index in [2.05, 4.69) is 5.32 Å². The summed E-state index contributed by atoms with van der Waals surface area (Å²) < 4.78 is 5.23. The topological polar surface area (TPSA) is 75.7 Å². The number of hydrogen-bond acceptors (Lipinski definition) is 5. The first kappa shape index (κ1) is 18.4. The number of ether oxygens (including phenoxy) is 1. The van der Waals surface area contributed by atoms with Gasteiger partial charge in [0.25, 0.3) is 5.91 Å². The van der Waals surface area contributed by atoms with Gasteiger partial charge in [-0.25, -0.2) is 4.79 Å². The van der Waals surface area contributed by atoms with Gasteiger partial charge in [-0.2, -0.15) is 0 Å². The molecule has 1 fully saturated rings. The highest BCUT2D eigenvalue weighted by Gasteiger charge is 2.26. The number of thiophene rings is 1. The van der Waals surface area contributed by atoms with Crippen LogP contribution in [0.2, 0.25) is 0 Å². The molecule has 0 spiro atoms. The fourth-order valence-electron chi connectivity index (χ4n) is 2.87. The van der Waals surface area contributed by atoms with E-state index in [1.165, 1.54) is 18.3 Å². The molecule has 0 radical (unpaired) electrons. The van der Waals surface area contributed by atoms with E-state index < -0.39 is 5.97 Å². The second-order valence-corrected chi connectivity index (χ2v) is 7.40. The van der Waals surface area contributed by atoms with Crippen molar-refractivity contribution in [3.63, 3.8) is 0 Å². The molecule has 1 aromatic heterocycles. The lowest BCUT2D eigenvalue weighted by molar-refractivity contribution is -0.137. The number of piperidine rings is 1. The fourth-order valence-corrected chi connectivity index (χ4v) is 3.97. The Morgan fingerprint density at radius 3 is 2.62 bits per heavy atom. The number of aryl methyl sites for hydroxylation is 1. The average Bonchev–Trinajstić information content (AvgIpc) is 2.78. The van der Waals surface area contributed by atoms with Crippen LogP contribution in [0.5, 0.6) is 0 Å². The second kappa shape index (κ2) is 7.79. The van der Waals surface area contributed by atoms with Crippen LogP contribution in [0.4, 0.5) is 5.00 Å². The van der Waals surface area contributed by atoms with Gasteiger partial charge in [-0.1, -0.05) is 0 Å². The monoisotopic (exact) mass is 352 g/mol. The van der Waals surface area contributed by atoms with Crippen LogP contribution in [-0.2, 0) is 14.3 Å². The minimum Gasteiger partial charge on any atom is -0.452 e. The Labute approximate surface area is 146 Å². The molecule has 2 heterocycles. The number of esters is 1. The molecular formula is C17H24N2O4S. The van der Waals surface area contributed by atoms with Crippen molar-refractivity contribution in [1.29, 1.82) is 0 Å². The summed E-state index contributed by atoms with van der Waals surface area (Å²) in [6, 6.07) is 0.185. The predicted molar refractivity (Wildman–Crippen MR) is 93.4 cm³/mol. The Kier molecular flexibility index (Phi) is 5.99. The number of nitrogens with one attached hydrogen (secondary N) is 1. The van der Waals surface area contributed by atoms with E-state index in [1.54, 1.807) is 4.90 Å². The highest BCUT2D eigenvalue weighted by atomic mass is 32.1. The van der Waals surface area contributed by atoms with Crippen LogP contribution >= 0.6 is 11.3 Å². The molecule has 1 saturated heterocycles. The van der Waals surface area contributed by atoms with E-state index in [1.807, 2.05) is 20.8 Å². The Morgan fingerprint density at radius 1 is 1.29 bits per heavy atom. The van der Waals surface area contributed by atoms with Crippen molar-refractivity contribution in [2.45, 2.75) is 53.0 Å². The van der Waals surface area contributed by atoms with Crippen molar-refractivity contribution in [1.82, 2.24) is 4.90 Å². The number of hydrogen-bond donors (Lipinski definition) is 1. The molecule has 1 atom stereocenters. The number of carbonyl (C=O) groups is 3. The first-order valence-electron chi connectivity index (χ1n) is 8.15. The van der Waals surface area contributed by atoms with Crippen molar-refractivity contribution in [3.05, 3.63) is 16.0 Å². The maximum atomic E-state index is 12.4. The zero-order chi connectivity index (χ0) is 17.9. The molecule has 24 heavy (non-hydrogen) atoms. The van der Waals surface area contributed by atoms with Crippen molar-refractivity contribution in [2.75, 3.05) is 18.5 Å². The van der Waals surface area contributed by atoms with Gasteiger partial charge in [-0.15, -0.1) is 11.3 Å². The third-order valence-corrected chi connectivity index (χ3v) is 5.45. The van der Waals surface area contributed by atoms with E-state index in [9.17, 15) is 14.4 Å². The smallest absolute Gasteiger partial charge is 0.341 e. The van der Waals surface area contributed by atoms with Crippen molar-refractivity contribution >= 4 is 34.1 Å². The van der Waals surface area contributed by atoms with Crippen LogP contribution in [0, 0.1) is 13.8 Å². The molecule has 1 N–H and O–H groups in total. The molecule has 0 bridgehead atoms. The first-order chi connectivity index (χ1) is 11.3. The minimum absolute atomic E-state index is 0.166. The molecule has 0 aliphatic carbocycles. The Balaban J connectivity index is 2.04. The van der Waals surface area contributed by atoms with E-state index in [4.69, 9.17) is 4.74 Å². The number of nitrogens with zero attached hydrogens (tertiary/aromatic N) is 1. The summed E-state index contributed by atoms with van der Waals surface area (Å²) in [5, 5.41) is 3.13. The highest BCUT2D eigenvalue weighted by molar-refractivity contribution is 7.16. The maximum absolute atomic E-state index is 12.4. The van der Waals surface area contributed by atoms with Gasteiger partial charge in [-0.05, 0) is 45.6 Å². The normalized spacial score (nSPS) is 17.5. The van der Waals surface area contributed by atoms with Gasteiger partial charge >= 0.3 is 5.97 Å². The van der Waals surface area contributed by atoms with Crippen LogP contribution < -0.4 is 5.32 Å². The summed E-state index contributed by atoms with van der Waals surface area (Å²) in [6.45, 7) is 7.54. The quantitative estimate of drug-likeness (QED) is 0.846. The van der Waals surface area contributed by atoms with Crippen LogP contribution in [-0.4, -0.2) is 41.9 Å². The van der Waals surface area contributed by atoms with Gasteiger partial charge in [0.1, 0.15) is 5.00 Å². The Hall–Kier alpha value is -1.89. The Bertz CT molecular complexity index is 653. The summed E-state index contributed by atoms with van der Waals surface area (Å²) >= 11 is 1.33. The number of rotatable bonds is 4. The van der Waals surface area contributed by atoms with E-state index >= 15 is 0 Å². The molecule has 7 heteroatoms. The summed E-state index contributed by atoms with van der Waals surface area (Å²) in [5.41, 5.74) is 1.11. The SMILES string of the molecule is CC(=O)Nc1sc(C)c(C)c1C(=O)OCC(=O)N1CCCC[C@@H]1C. The van der Waals surface area contributed by atoms with Gasteiger partial charge in [0, 0.05) is 24.4 Å². The van der Waals surface area contributed by atoms with Crippen LogP contribution in [0.15, 0.2) is 0 Å². The standard InChI is InChI=1S/C17H24N2O4S/c1-10-7-5-6-8-19(10)14(21)9-23-17(22)15-11(2)12(3)24-16(15)18-13(4)20/h10H,5-9H2,1-4H3,(H,18,20)/t10-/m0/s1. The largest absolute Gasteiger partial charge is 0.452 e. The fraction of sp³-hybridized carbons (Fsp3) is 0.588. The lowest BCUT2D eigenvalue weighted by Crippen LogP contribution is -2.44. The molecule has 132 valence electrons. The van der Waals surface area contributed by atoms with Crippen LogP contribution in [0.1, 0.15) is 53.9 Å². The molecule has 0 saturated carbocycles. The van der Waals surface area contributed by atoms with Gasteiger partial charge in [0.15, 0.2) is 6.61 Å². The predicted octanol–water partition coefficient (Wildman–Crippen LogP) is 2.88. The maximum Gasteiger partial charge on any atom is 0.341 e. The van der Waals surface area contributed by atoms with Crippen LogP contribution in [0.25, 0.3) is 0 Å². The van der Waals surface area contributed by atoms with Gasteiger partial charge in [-0.3, -0.25) is 9.59 Å². The van der Waals surface area contributed by atoms with Crippen LogP contribution in [0.3, 0.4) is 0 Å². The third-order valence-electron chi connectivity index (χ3n) is 4.33. The average molecular weight is 352 g/mol. The number of amides is 2. The molecule has 0 aromatic carbocycles. The molecule has 6 nitrogen and oxygen atoms in total. The Morgan fingerprint density at radius 2 is 2.00 bits per heavy atom. The molecule has 1 aliphatic rings. The number of anilines is 1. The molecule has 0 unspecified atom stereocenters. The lowest BCUT2D eigenvalue weighted by Gasteiger charge is -2.33. The van der Waals surface area contributed by atoms with E-state index in [0.29, 0.717) is 17.1 Å². The second-order valence-electron chi connectivity index (χ2n) is 6.18. The van der Waals surface area contributed by atoms with Crippen molar-refractivity contribution in [3.8, 4) is 0 Å². The van der Waals surface area contributed by atoms with Crippen molar-refractivity contribution < 1.29 is 19.1 Å². The summed E-state index contributed by atoms with van der Waals surface area (Å²) in [5.74, 6) is -0.983. The van der Waals surface area contributed by atoms with E-state index in [-0.39, 0.29) is 24.5 Å². The van der Waals surface area contributed by atoms with Gasteiger partial charge < -0.3 is 15.0 Å². The molecular weight excluding hydrogens is 328 g/mol. The summed E-state index contributed by atoms with van der Waals surface area (Å²) in [4.78, 5) is 38.7. The van der Waals surface area contributed by atoms with Gasteiger partial charge in [0.05, 0.1) is 5.56 Å². The first-order valence-corrected chi connectivity index (χ1v) is 8.97. The van der Waals surface area contributed by atoms with E-state index in [0.717, 1.165) is 29.7 Å². The molecule has 2 amide bonds. The third kappa shape index (κ3) is 4.14. The van der Waals surface area contributed by atoms with Gasteiger partial charge in [0.2, 0.25) is 5.91 Å². The molecule has 1 aliphatic heterocycles. The number of likely N-dealkylation sites (tertiary alicyclic amines) is 1. The zero-order valence-corrected chi connectivity index (χ0v) is 15.4. The highest BCUT2D eigenvalue weighted by Crippen LogP contribution is 2.33. The minimum atomic E-state index is -0.571. The zero-order valence-electron chi connectivity index (χ0n) is 14.6. The molecule has 1 aromatic rings.